The van der Waals surface area contributed by atoms with Crippen molar-refractivity contribution in [2.75, 3.05) is 25.0 Å². The van der Waals surface area contributed by atoms with Crippen molar-refractivity contribution in [3.63, 3.8) is 0 Å². The van der Waals surface area contributed by atoms with Crippen LogP contribution < -0.4 is 5.32 Å². The molecule has 1 atom stereocenters. The van der Waals surface area contributed by atoms with E-state index in [9.17, 15) is 4.79 Å². The molecule has 0 spiro atoms. The third-order valence-electron chi connectivity index (χ3n) is 3.10. The first-order chi connectivity index (χ1) is 9.41. The first kappa shape index (κ1) is 14.7. The highest BCUT2D eigenvalue weighted by Gasteiger charge is 2.34. The second-order valence-corrected chi connectivity index (χ2v) is 5.71. The van der Waals surface area contributed by atoms with Crippen LogP contribution in [0.15, 0.2) is 12.1 Å². The molecule has 1 saturated heterocycles. The molecule has 2 heterocycles. The predicted molar refractivity (Wildman–Crippen MR) is 76.7 cm³/mol. The van der Waals surface area contributed by atoms with Gasteiger partial charge in [0.15, 0.2) is 5.69 Å². The lowest BCUT2D eigenvalue weighted by Crippen LogP contribution is -2.53. The second kappa shape index (κ2) is 5.75. The van der Waals surface area contributed by atoms with Crippen LogP contribution in [0, 0.1) is 0 Å². The summed E-state index contributed by atoms with van der Waals surface area (Å²) >= 11 is 0. The van der Waals surface area contributed by atoms with Crippen LogP contribution in [0.1, 0.15) is 38.2 Å². The molecule has 1 aromatic rings. The van der Waals surface area contributed by atoms with E-state index < -0.39 is 0 Å². The molecule has 0 radical (unpaired) electrons. The predicted octanol–water partition coefficient (Wildman–Crippen LogP) is 1.55. The van der Waals surface area contributed by atoms with Gasteiger partial charge in [-0.3, -0.25) is 4.79 Å². The van der Waals surface area contributed by atoms with Crippen molar-refractivity contribution in [1.82, 2.24) is 15.1 Å². The van der Waals surface area contributed by atoms with Gasteiger partial charge in [-0.1, -0.05) is 0 Å². The Kier molecular flexibility index (Phi) is 4.23. The van der Waals surface area contributed by atoms with Gasteiger partial charge in [0.1, 0.15) is 5.82 Å². The minimum atomic E-state index is -0.329. The molecule has 1 amide bonds. The number of carbonyl (C=O) groups is 1. The summed E-state index contributed by atoms with van der Waals surface area (Å²) in [4.78, 5) is 14.2. The van der Waals surface area contributed by atoms with Crippen LogP contribution in [0.5, 0.6) is 0 Å². The van der Waals surface area contributed by atoms with Crippen molar-refractivity contribution in [1.29, 1.82) is 0 Å². The molecular formula is C14H22N4O2. The molecule has 0 aromatic carbocycles. The third kappa shape index (κ3) is 3.45. The number of hydrogen-bond acceptors (Lipinski definition) is 5. The van der Waals surface area contributed by atoms with Crippen LogP contribution in [-0.4, -0.2) is 52.3 Å². The van der Waals surface area contributed by atoms with E-state index in [1.165, 1.54) is 0 Å². The van der Waals surface area contributed by atoms with Gasteiger partial charge in [0.2, 0.25) is 0 Å². The number of aromatic nitrogens is 2. The first-order valence-corrected chi connectivity index (χ1v) is 6.96. The molecular weight excluding hydrogens is 256 g/mol. The van der Waals surface area contributed by atoms with Gasteiger partial charge < -0.3 is 15.0 Å². The van der Waals surface area contributed by atoms with Gasteiger partial charge in [0.05, 0.1) is 11.7 Å². The van der Waals surface area contributed by atoms with Crippen molar-refractivity contribution < 1.29 is 9.53 Å². The summed E-state index contributed by atoms with van der Waals surface area (Å²) in [5.41, 5.74) is 0.0429. The van der Waals surface area contributed by atoms with Gasteiger partial charge in [0, 0.05) is 19.6 Å². The van der Waals surface area contributed by atoms with Crippen molar-refractivity contribution in [3.05, 3.63) is 17.8 Å². The van der Waals surface area contributed by atoms with E-state index in [1.807, 2.05) is 27.7 Å². The molecule has 1 fully saturated rings. The molecule has 1 aliphatic rings. The van der Waals surface area contributed by atoms with E-state index in [2.05, 4.69) is 15.5 Å². The number of hydrogen-bond donors (Lipinski definition) is 1. The van der Waals surface area contributed by atoms with Crippen LogP contribution in [0.3, 0.4) is 0 Å². The number of amides is 1. The molecule has 0 bridgehead atoms. The van der Waals surface area contributed by atoms with Crippen LogP contribution in [-0.2, 0) is 4.74 Å². The van der Waals surface area contributed by atoms with Crippen molar-refractivity contribution >= 4 is 11.7 Å². The van der Waals surface area contributed by atoms with E-state index in [0.29, 0.717) is 24.6 Å². The van der Waals surface area contributed by atoms with Crippen LogP contribution in [0.25, 0.3) is 0 Å². The fraction of sp³-hybridized carbons (Fsp3) is 0.643. The Morgan fingerprint density at radius 2 is 2.25 bits per heavy atom. The second-order valence-electron chi connectivity index (χ2n) is 5.71. The zero-order valence-electron chi connectivity index (χ0n) is 12.5. The fourth-order valence-electron chi connectivity index (χ4n) is 2.49. The maximum absolute atomic E-state index is 12.4. The van der Waals surface area contributed by atoms with E-state index in [-0.39, 0.29) is 17.6 Å². The molecule has 1 N–H and O–H groups in total. The lowest BCUT2D eigenvalue weighted by Gasteiger charge is -2.41. The molecule has 0 aliphatic carbocycles. The van der Waals surface area contributed by atoms with E-state index >= 15 is 0 Å². The van der Waals surface area contributed by atoms with Crippen LogP contribution in [0.2, 0.25) is 0 Å². The van der Waals surface area contributed by atoms with Gasteiger partial charge in [-0.25, -0.2) is 0 Å². The number of nitrogens with zero attached hydrogens (tertiary/aromatic N) is 3. The summed E-state index contributed by atoms with van der Waals surface area (Å²) in [5.74, 6) is 0.587. The average molecular weight is 278 g/mol. The zero-order valence-corrected chi connectivity index (χ0v) is 12.5. The summed E-state index contributed by atoms with van der Waals surface area (Å²) < 4.78 is 5.80. The number of nitrogens with one attached hydrogen (secondary N) is 1. The van der Waals surface area contributed by atoms with Gasteiger partial charge in [-0.2, -0.15) is 0 Å². The molecule has 0 saturated carbocycles. The third-order valence-corrected chi connectivity index (χ3v) is 3.10. The average Bonchev–Trinajstić information content (AvgIpc) is 2.37. The van der Waals surface area contributed by atoms with Gasteiger partial charge in [-0.15, -0.1) is 10.2 Å². The quantitative estimate of drug-likeness (QED) is 0.908. The summed E-state index contributed by atoms with van der Waals surface area (Å²) in [6, 6.07) is 3.49. The molecule has 2 rings (SSSR count). The SMILES string of the molecule is CCNc1ccc(C(=O)N2CC(C)OC(C)(C)C2)nn1. The number of rotatable bonds is 3. The molecule has 1 unspecified atom stereocenters. The summed E-state index contributed by atoms with van der Waals surface area (Å²) in [6.45, 7) is 9.85. The number of anilines is 1. The van der Waals surface area contributed by atoms with E-state index in [1.54, 1.807) is 17.0 Å². The normalized spacial score (nSPS) is 21.6. The molecule has 6 nitrogen and oxygen atoms in total. The first-order valence-electron chi connectivity index (χ1n) is 6.96. The maximum atomic E-state index is 12.4. The number of ether oxygens (including phenoxy) is 1. The minimum Gasteiger partial charge on any atom is -0.369 e. The van der Waals surface area contributed by atoms with Gasteiger partial charge in [-0.05, 0) is 39.8 Å². The molecule has 1 aliphatic heterocycles. The lowest BCUT2D eigenvalue weighted by molar-refractivity contribution is -0.119. The molecule has 1 aromatic heterocycles. The van der Waals surface area contributed by atoms with Crippen molar-refractivity contribution in [2.45, 2.75) is 39.4 Å². The van der Waals surface area contributed by atoms with Crippen molar-refractivity contribution in [3.8, 4) is 0 Å². The maximum Gasteiger partial charge on any atom is 0.274 e. The number of carbonyl (C=O) groups excluding carboxylic acids is 1. The highest BCUT2D eigenvalue weighted by molar-refractivity contribution is 5.92. The Balaban J connectivity index is 2.10. The van der Waals surface area contributed by atoms with Crippen LogP contribution in [0.4, 0.5) is 5.82 Å². The lowest BCUT2D eigenvalue weighted by atomic mass is 10.1. The van der Waals surface area contributed by atoms with E-state index in [0.717, 1.165) is 6.54 Å². The Hall–Kier alpha value is -1.69. The minimum absolute atomic E-state index is 0.0247. The Bertz CT molecular complexity index is 473. The molecule has 110 valence electrons. The monoisotopic (exact) mass is 278 g/mol. The van der Waals surface area contributed by atoms with E-state index in [4.69, 9.17) is 4.74 Å². The Labute approximate surface area is 119 Å². The highest BCUT2D eigenvalue weighted by atomic mass is 16.5. The van der Waals surface area contributed by atoms with Crippen molar-refractivity contribution in [2.24, 2.45) is 0 Å². The van der Waals surface area contributed by atoms with Gasteiger partial charge in [0.25, 0.3) is 5.91 Å². The summed E-state index contributed by atoms with van der Waals surface area (Å²) in [7, 11) is 0. The number of morpholine rings is 1. The summed E-state index contributed by atoms with van der Waals surface area (Å²) in [5, 5.41) is 11.1. The smallest absolute Gasteiger partial charge is 0.274 e. The molecule has 20 heavy (non-hydrogen) atoms. The van der Waals surface area contributed by atoms with Gasteiger partial charge >= 0.3 is 0 Å². The highest BCUT2D eigenvalue weighted by Crippen LogP contribution is 2.21. The zero-order chi connectivity index (χ0) is 14.8. The summed E-state index contributed by atoms with van der Waals surface area (Å²) in [6.07, 6.45) is 0.0247. The van der Waals surface area contributed by atoms with Crippen LogP contribution >= 0.6 is 0 Å². The Morgan fingerprint density at radius 3 is 2.80 bits per heavy atom. The standard InChI is InChI=1S/C14H22N4O2/c1-5-15-12-7-6-11(16-17-12)13(19)18-8-10(2)20-14(3,4)9-18/h6-7,10H,5,8-9H2,1-4H3,(H,15,17). The Morgan fingerprint density at radius 1 is 1.50 bits per heavy atom. The molecule has 6 heteroatoms. The largest absolute Gasteiger partial charge is 0.369 e. The fourth-order valence-corrected chi connectivity index (χ4v) is 2.49. The topological polar surface area (TPSA) is 67.4 Å².